The van der Waals surface area contributed by atoms with E-state index < -0.39 is 57.7 Å². The summed E-state index contributed by atoms with van der Waals surface area (Å²) in [5, 5.41) is 0. The molecule has 1 amide bonds. The van der Waals surface area contributed by atoms with Crippen LogP contribution >= 0.6 is 0 Å². The Kier molecular flexibility index (Phi) is 13.0. The molecule has 0 bridgehead atoms. The maximum absolute atomic E-state index is 13.5. The van der Waals surface area contributed by atoms with Gasteiger partial charge in [-0.1, -0.05) is 36.3 Å². The van der Waals surface area contributed by atoms with E-state index in [-0.39, 0.29) is 54.2 Å². The fourth-order valence-electron chi connectivity index (χ4n) is 7.11. The third kappa shape index (κ3) is 10.0. The van der Waals surface area contributed by atoms with Gasteiger partial charge in [0.05, 0.1) is 9.80 Å². The van der Waals surface area contributed by atoms with Gasteiger partial charge in [0.2, 0.25) is 9.84 Å². The number of nitrogens with zero attached hydrogens (tertiary/aromatic N) is 3. The van der Waals surface area contributed by atoms with Crippen molar-refractivity contribution in [2.24, 2.45) is 0 Å². The first kappa shape index (κ1) is 40.9. The lowest BCUT2D eigenvalue weighted by molar-refractivity contribution is -0.150. The molecule has 3 aromatic rings. The van der Waals surface area contributed by atoms with Gasteiger partial charge in [-0.2, -0.15) is 0 Å². The molecule has 1 N–H and O–H groups in total. The van der Waals surface area contributed by atoms with E-state index >= 15 is 0 Å². The maximum Gasteiger partial charge on any atom is 0.508 e. The highest BCUT2D eigenvalue weighted by molar-refractivity contribution is 7.95. The highest BCUT2D eigenvalue weighted by atomic mass is 32.2. The second kappa shape index (κ2) is 18.0. The molecule has 2 unspecified atom stereocenters. The minimum absolute atomic E-state index is 0.0206. The smallest absolute Gasteiger partial charge is 0.459 e. The normalized spacial score (nSPS) is 20.9. The number of terminal acetylenes is 1. The Labute approximate surface area is 329 Å². The van der Waals surface area contributed by atoms with Crippen LogP contribution in [0.3, 0.4) is 0 Å². The fraction of sp³-hybridized carbons (Fsp3) is 0.425. The van der Waals surface area contributed by atoms with Crippen molar-refractivity contribution in [2.45, 2.75) is 75.4 Å². The lowest BCUT2D eigenvalue weighted by Crippen LogP contribution is -2.50. The molecule has 17 heteroatoms. The van der Waals surface area contributed by atoms with Crippen LogP contribution in [-0.4, -0.2) is 104 Å². The monoisotopic (exact) mass is 804 g/mol. The second-order valence-electron chi connectivity index (χ2n) is 14.0. The summed E-state index contributed by atoms with van der Waals surface area (Å²) in [6.45, 7) is 3.43. The van der Waals surface area contributed by atoms with Gasteiger partial charge in [0.15, 0.2) is 0 Å². The number of rotatable bonds is 13. The molecule has 16 nitrogen and oxygen atoms in total. The Morgan fingerprint density at radius 1 is 1.05 bits per heavy atom. The molecule has 4 atom stereocenters. The minimum Gasteiger partial charge on any atom is -0.459 e. The predicted octanol–water partition coefficient (Wildman–Crippen LogP) is 3.52. The Morgan fingerprint density at radius 2 is 1.82 bits per heavy atom. The number of aromatic nitrogens is 2. The van der Waals surface area contributed by atoms with Crippen LogP contribution in [0.2, 0.25) is 0 Å². The van der Waals surface area contributed by atoms with Crippen LogP contribution < -0.4 is 11.2 Å². The van der Waals surface area contributed by atoms with Gasteiger partial charge in [0, 0.05) is 62.9 Å². The van der Waals surface area contributed by atoms with Crippen molar-refractivity contribution in [3.8, 4) is 12.3 Å². The van der Waals surface area contributed by atoms with Crippen LogP contribution in [0.25, 0.3) is 6.08 Å². The molecule has 2 fully saturated rings. The summed E-state index contributed by atoms with van der Waals surface area (Å²) in [7, 11) is -3.75. The van der Waals surface area contributed by atoms with E-state index in [0.717, 1.165) is 24.0 Å². The maximum atomic E-state index is 13.5. The topological polar surface area (TPSA) is 193 Å². The fourth-order valence-corrected chi connectivity index (χ4v) is 8.58. The number of ether oxygens (including phenoxy) is 5. The molecule has 2 aromatic carbocycles. The van der Waals surface area contributed by atoms with Crippen molar-refractivity contribution >= 4 is 34.1 Å². The number of aromatic amines is 1. The Balaban J connectivity index is 1.06. The van der Waals surface area contributed by atoms with E-state index in [1.807, 2.05) is 29.2 Å². The lowest BCUT2D eigenvalue weighted by atomic mass is 10.0. The number of esters is 1. The summed E-state index contributed by atoms with van der Waals surface area (Å²) >= 11 is 0. The van der Waals surface area contributed by atoms with E-state index in [2.05, 4.69) is 10.9 Å². The highest BCUT2D eigenvalue weighted by Crippen LogP contribution is 2.33. The summed E-state index contributed by atoms with van der Waals surface area (Å²) in [6.07, 6.45) is 6.50. The third-order valence-corrected chi connectivity index (χ3v) is 11.9. The third-order valence-electron chi connectivity index (χ3n) is 10.0. The van der Waals surface area contributed by atoms with E-state index in [4.69, 9.17) is 30.1 Å². The lowest BCUT2D eigenvalue weighted by Gasteiger charge is -2.38. The number of aryl methyl sites for hydroxylation is 1. The second-order valence-corrected chi connectivity index (χ2v) is 16.0. The zero-order valence-corrected chi connectivity index (χ0v) is 32.4. The molecule has 4 heterocycles. The molecule has 302 valence electrons. The first-order valence-corrected chi connectivity index (χ1v) is 20.0. The van der Waals surface area contributed by atoms with Gasteiger partial charge < -0.3 is 28.6 Å². The largest absolute Gasteiger partial charge is 0.508 e. The average Bonchev–Trinajstić information content (AvgIpc) is 3.70. The number of nitrogens with one attached hydrogen (secondary N) is 1. The van der Waals surface area contributed by atoms with Gasteiger partial charge in [0.25, 0.3) is 5.56 Å². The van der Waals surface area contributed by atoms with Crippen molar-refractivity contribution in [3.05, 3.63) is 103 Å². The molecular formula is C40H44N4O12S. The first-order chi connectivity index (χ1) is 27.3. The molecular weight excluding hydrogens is 761 g/mol. The molecule has 0 saturated carbocycles. The molecule has 2 saturated heterocycles. The molecule has 1 aromatic heterocycles. The van der Waals surface area contributed by atoms with Gasteiger partial charge >= 0.3 is 23.9 Å². The van der Waals surface area contributed by atoms with Crippen LogP contribution in [0.15, 0.2) is 74.1 Å². The van der Waals surface area contributed by atoms with Crippen LogP contribution in [0, 0.1) is 19.3 Å². The number of hydrogen-bond donors (Lipinski definition) is 1. The summed E-state index contributed by atoms with van der Waals surface area (Å²) in [5.74, 6) is 2.00. The van der Waals surface area contributed by atoms with E-state index in [9.17, 15) is 32.4 Å². The number of fused-ring (bicyclic) bond motifs is 1. The predicted molar refractivity (Wildman–Crippen MR) is 204 cm³/mol. The zero-order chi connectivity index (χ0) is 40.7. The van der Waals surface area contributed by atoms with Crippen LogP contribution in [-0.2, 0) is 44.9 Å². The Bertz CT molecular complexity index is 2280. The highest BCUT2D eigenvalue weighted by Gasteiger charge is 2.40. The number of piperidine rings is 1. The van der Waals surface area contributed by atoms with E-state index in [1.165, 1.54) is 36.8 Å². The number of hydrogen-bond acceptors (Lipinski definition) is 13. The van der Waals surface area contributed by atoms with Crippen molar-refractivity contribution in [1.82, 2.24) is 19.4 Å². The molecule has 57 heavy (non-hydrogen) atoms. The Morgan fingerprint density at radius 3 is 2.56 bits per heavy atom. The van der Waals surface area contributed by atoms with Crippen molar-refractivity contribution in [2.75, 3.05) is 39.5 Å². The van der Waals surface area contributed by atoms with Gasteiger partial charge in [-0.25, -0.2) is 22.8 Å². The number of sulfone groups is 1. The molecule has 0 aliphatic carbocycles. The van der Waals surface area contributed by atoms with E-state index in [0.29, 0.717) is 31.6 Å². The molecule has 0 spiro atoms. The molecule has 0 radical (unpaired) electrons. The number of H-pyrrole nitrogens is 1. The molecule has 3 aliphatic heterocycles. The molecule has 6 rings (SSSR count). The summed E-state index contributed by atoms with van der Waals surface area (Å²) < 4.78 is 54.9. The van der Waals surface area contributed by atoms with Crippen LogP contribution in [0.1, 0.15) is 61.1 Å². The van der Waals surface area contributed by atoms with E-state index in [1.54, 1.807) is 23.1 Å². The van der Waals surface area contributed by atoms with Crippen LogP contribution in [0.5, 0.6) is 0 Å². The summed E-state index contributed by atoms with van der Waals surface area (Å²) in [4.78, 5) is 68.5. The molecule has 3 aliphatic rings. The minimum atomic E-state index is -3.75. The SMILES string of the molecule is C#Cc1ccc(CN(CCOC(=O)OC[C@H]2O[C@@H](n3cc(C)c(=O)[nH]c3=O)CC2OC(C)=O)CC2CCCCN2C(=O)OCC2=Cc3ccccc3S2(=O)=O)cc1. The number of carbonyl (C=O) groups is 3. The van der Waals surface area contributed by atoms with Gasteiger partial charge in [-0.3, -0.25) is 24.0 Å². The van der Waals surface area contributed by atoms with Gasteiger partial charge in [-0.05, 0) is 61.6 Å². The van der Waals surface area contributed by atoms with Crippen molar-refractivity contribution < 1.29 is 46.5 Å². The van der Waals surface area contributed by atoms with Gasteiger partial charge in [-0.15, -0.1) is 6.42 Å². The quantitative estimate of drug-likeness (QED) is 0.150. The zero-order valence-electron chi connectivity index (χ0n) is 31.6. The number of carbonyl (C=O) groups excluding carboxylic acids is 3. The number of benzene rings is 2. The average molecular weight is 805 g/mol. The van der Waals surface area contributed by atoms with Crippen molar-refractivity contribution in [1.29, 1.82) is 0 Å². The standard InChI is InChI=1S/C40H44N4O12S/c1-4-28-12-14-29(15-13-28)22-42(23-31-10-7-8-16-43(31)39(48)53-24-32-19-30-9-5-6-11-35(30)57(32,50)51)17-18-52-40(49)54-25-34-33(55-27(3)45)20-36(56-34)44-21-26(2)37(46)41-38(44)47/h1,5-6,9,11-15,19,21,31,33-34,36H,7-8,10,16-18,20,22-25H2,2-3H3,(H,41,46,47)/t31?,33?,34-,36-/m1/s1. The number of amides is 1. The van der Waals surface area contributed by atoms with Crippen molar-refractivity contribution in [3.63, 3.8) is 0 Å². The summed E-state index contributed by atoms with van der Waals surface area (Å²) in [6, 6.07) is 13.8. The summed E-state index contributed by atoms with van der Waals surface area (Å²) in [5.41, 5.74) is 1.24. The first-order valence-electron chi connectivity index (χ1n) is 18.5. The van der Waals surface area contributed by atoms with Crippen LogP contribution in [0.4, 0.5) is 9.59 Å². The number of likely N-dealkylation sites (tertiary alicyclic amines) is 1. The Hall–Kier alpha value is -5.70. The van der Waals surface area contributed by atoms with Gasteiger partial charge in [0.1, 0.15) is 38.3 Å².